The quantitative estimate of drug-likeness (QED) is 0.758. The van der Waals surface area contributed by atoms with Gasteiger partial charge in [-0.25, -0.2) is 0 Å². The van der Waals surface area contributed by atoms with Crippen LogP contribution in [0.5, 0.6) is 5.75 Å². The summed E-state index contributed by atoms with van der Waals surface area (Å²) in [5.41, 5.74) is 4.01. The number of hydrogen-bond donors (Lipinski definition) is 3. The van der Waals surface area contributed by atoms with Crippen LogP contribution >= 0.6 is 0 Å². The molecule has 0 saturated heterocycles. The summed E-state index contributed by atoms with van der Waals surface area (Å²) >= 11 is 0. The van der Waals surface area contributed by atoms with Crippen molar-refractivity contribution >= 4 is 5.97 Å². The lowest BCUT2D eigenvalue weighted by Crippen LogP contribution is -2.21. The Morgan fingerprint density at radius 2 is 2.00 bits per heavy atom. The van der Waals surface area contributed by atoms with Crippen molar-refractivity contribution in [2.45, 2.75) is 12.1 Å². The number of benzene rings is 1. The van der Waals surface area contributed by atoms with Crippen molar-refractivity contribution in [2.24, 2.45) is 5.73 Å². The predicted octanol–water partition coefficient (Wildman–Crippen LogP) is 1.54. The molecule has 0 aromatic heterocycles. The Bertz CT molecular complexity index is 431. The van der Waals surface area contributed by atoms with E-state index >= 15 is 0 Å². The number of carboxylic acid groups (broad SMARTS) is 1. The second kappa shape index (κ2) is 4.62. The van der Waals surface area contributed by atoms with Gasteiger partial charge in [-0.15, -0.1) is 0 Å². The molecular weight excluding hydrogens is 239 g/mol. The maximum Gasteiger partial charge on any atom is 0.416 e. The maximum absolute atomic E-state index is 12.3. The lowest BCUT2D eigenvalue weighted by molar-refractivity contribution is -0.138. The van der Waals surface area contributed by atoms with Gasteiger partial charge in [-0.1, -0.05) is 6.07 Å². The van der Waals surface area contributed by atoms with Gasteiger partial charge in [0.2, 0.25) is 0 Å². The van der Waals surface area contributed by atoms with Gasteiger partial charge in [-0.2, -0.15) is 13.2 Å². The Hall–Kier alpha value is -1.76. The number of aromatic hydroxyl groups is 1. The number of halogens is 3. The summed E-state index contributed by atoms with van der Waals surface area (Å²) in [5.74, 6) is -3.25. The molecule has 1 rings (SSSR count). The van der Waals surface area contributed by atoms with Crippen molar-refractivity contribution in [2.75, 3.05) is 6.54 Å². The van der Waals surface area contributed by atoms with E-state index in [1.54, 1.807) is 0 Å². The fraction of sp³-hybridized carbons (Fsp3) is 0.300. The van der Waals surface area contributed by atoms with Crippen LogP contribution in [0.15, 0.2) is 18.2 Å². The maximum atomic E-state index is 12.3. The molecule has 1 aromatic rings. The van der Waals surface area contributed by atoms with Crippen LogP contribution in [-0.4, -0.2) is 22.7 Å². The molecule has 1 unspecified atom stereocenters. The van der Waals surface area contributed by atoms with Crippen molar-refractivity contribution in [1.29, 1.82) is 0 Å². The van der Waals surface area contributed by atoms with Crippen LogP contribution < -0.4 is 5.73 Å². The number of nitrogens with two attached hydrogens (primary N) is 1. The second-order valence-corrected chi connectivity index (χ2v) is 3.40. The van der Waals surface area contributed by atoms with E-state index in [1.807, 2.05) is 0 Å². The molecule has 0 radical (unpaired) electrons. The topological polar surface area (TPSA) is 83.6 Å². The molecule has 17 heavy (non-hydrogen) atoms. The summed E-state index contributed by atoms with van der Waals surface area (Å²) in [6.45, 7) is -0.311. The molecule has 7 heteroatoms. The van der Waals surface area contributed by atoms with Gasteiger partial charge in [0.15, 0.2) is 0 Å². The van der Waals surface area contributed by atoms with E-state index in [4.69, 9.17) is 10.8 Å². The van der Waals surface area contributed by atoms with Gasteiger partial charge >= 0.3 is 12.1 Å². The Balaban J connectivity index is 3.18. The molecule has 4 N–H and O–H groups in total. The molecule has 1 atom stereocenters. The number of carboxylic acids is 1. The normalized spacial score (nSPS) is 13.4. The first-order valence-electron chi connectivity index (χ1n) is 4.60. The monoisotopic (exact) mass is 249 g/mol. The molecule has 1 aromatic carbocycles. The van der Waals surface area contributed by atoms with E-state index in [-0.39, 0.29) is 12.1 Å². The standard InChI is InChI=1S/C10H10F3NO3/c11-10(12,13)5-1-2-6(8(15)3-5)7(4-14)9(16)17/h1-3,7,15H,4,14H2,(H,16,17). The van der Waals surface area contributed by atoms with Crippen molar-refractivity contribution in [1.82, 2.24) is 0 Å². The largest absolute Gasteiger partial charge is 0.508 e. The van der Waals surface area contributed by atoms with Gasteiger partial charge in [-0.05, 0) is 12.1 Å². The molecule has 4 nitrogen and oxygen atoms in total. The van der Waals surface area contributed by atoms with Gasteiger partial charge in [-0.3, -0.25) is 4.79 Å². The molecule has 0 spiro atoms. The molecule has 0 heterocycles. The molecule has 0 aliphatic rings. The SMILES string of the molecule is NCC(C(=O)O)c1ccc(C(F)(F)F)cc1O. The van der Waals surface area contributed by atoms with E-state index in [0.717, 1.165) is 6.07 Å². The van der Waals surface area contributed by atoms with Crippen LogP contribution in [0.3, 0.4) is 0 Å². The number of aliphatic carboxylic acids is 1. The molecule has 0 aliphatic heterocycles. The average Bonchev–Trinajstić information content (AvgIpc) is 2.19. The van der Waals surface area contributed by atoms with E-state index in [2.05, 4.69) is 0 Å². The third-order valence-corrected chi connectivity index (χ3v) is 2.27. The zero-order chi connectivity index (χ0) is 13.2. The van der Waals surface area contributed by atoms with Crippen molar-refractivity contribution in [3.63, 3.8) is 0 Å². The fourth-order valence-electron chi connectivity index (χ4n) is 1.38. The van der Waals surface area contributed by atoms with Crippen LogP contribution in [0.25, 0.3) is 0 Å². The van der Waals surface area contributed by atoms with Crippen LogP contribution in [0, 0.1) is 0 Å². The first kappa shape index (κ1) is 13.3. The first-order valence-corrected chi connectivity index (χ1v) is 4.60. The highest BCUT2D eigenvalue weighted by Crippen LogP contribution is 2.34. The minimum absolute atomic E-state index is 0.131. The van der Waals surface area contributed by atoms with Gasteiger partial charge in [0, 0.05) is 12.1 Å². The zero-order valence-corrected chi connectivity index (χ0v) is 8.53. The summed E-state index contributed by atoms with van der Waals surface area (Å²) in [6, 6.07) is 2.12. The minimum Gasteiger partial charge on any atom is -0.508 e. The Morgan fingerprint density at radius 3 is 2.35 bits per heavy atom. The van der Waals surface area contributed by atoms with E-state index in [9.17, 15) is 23.1 Å². The van der Waals surface area contributed by atoms with Crippen LogP contribution in [-0.2, 0) is 11.0 Å². The molecule has 94 valence electrons. The highest BCUT2D eigenvalue weighted by atomic mass is 19.4. The number of carbonyl (C=O) groups is 1. The average molecular weight is 249 g/mol. The van der Waals surface area contributed by atoms with E-state index < -0.39 is 29.4 Å². The van der Waals surface area contributed by atoms with Gasteiger partial charge in [0.25, 0.3) is 0 Å². The zero-order valence-electron chi connectivity index (χ0n) is 8.53. The van der Waals surface area contributed by atoms with Gasteiger partial charge in [0.1, 0.15) is 5.75 Å². The highest BCUT2D eigenvalue weighted by Gasteiger charge is 2.32. The second-order valence-electron chi connectivity index (χ2n) is 3.40. The molecule has 0 saturated carbocycles. The smallest absolute Gasteiger partial charge is 0.416 e. The van der Waals surface area contributed by atoms with E-state index in [1.165, 1.54) is 0 Å². The summed E-state index contributed by atoms with van der Waals surface area (Å²) in [7, 11) is 0. The third kappa shape index (κ3) is 2.88. The Kier molecular flexibility index (Phi) is 3.62. The van der Waals surface area contributed by atoms with Crippen molar-refractivity contribution in [3.8, 4) is 5.75 Å². The molecule has 0 bridgehead atoms. The number of rotatable bonds is 3. The van der Waals surface area contributed by atoms with Crippen LogP contribution in [0.1, 0.15) is 17.0 Å². The summed E-state index contributed by atoms with van der Waals surface area (Å²) in [4.78, 5) is 10.8. The predicted molar refractivity (Wildman–Crippen MR) is 52.5 cm³/mol. The third-order valence-electron chi connectivity index (χ3n) is 2.27. The number of phenols is 1. The first-order chi connectivity index (χ1) is 7.77. The summed E-state index contributed by atoms with van der Waals surface area (Å²) in [6.07, 6.45) is -4.59. The number of phenolic OH excluding ortho intramolecular Hbond substituents is 1. The van der Waals surface area contributed by atoms with E-state index in [0.29, 0.717) is 12.1 Å². The van der Waals surface area contributed by atoms with Crippen LogP contribution in [0.2, 0.25) is 0 Å². The lowest BCUT2D eigenvalue weighted by atomic mass is 9.97. The summed E-state index contributed by atoms with van der Waals surface area (Å²) in [5, 5.41) is 18.2. The van der Waals surface area contributed by atoms with Crippen molar-refractivity contribution < 1.29 is 28.2 Å². The van der Waals surface area contributed by atoms with Gasteiger partial charge in [0.05, 0.1) is 11.5 Å². The molecule has 0 aliphatic carbocycles. The number of hydrogen-bond acceptors (Lipinski definition) is 3. The van der Waals surface area contributed by atoms with Crippen molar-refractivity contribution in [3.05, 3.63) is 29.3 Å². The minimum atomic E-state index is -4.59. The van der Waals surface area contributed by atoms with Gasteiger partial charge < -0.3 is 15.9 Å². The Morgan fingerprint density at radius 1 is 1.41 bits per heavy atom. The highest BCUT2D eigenvalue weighted by molar-refractivity contribution is 5.77. The fourth-order valence-corrected chi connectivity index (χ4v) is 1.38. The Labute approximate surface area is 94.5 Å². The molecular formula is C10H10F3NO3. The van der Waals surface area contributed by atoms with Crippen LogP contribution in [0.4, 0.5) is 13.2 Å². The molecule has 0 fully saturated rings. The lowest BCUT2D eigenvalue weighted by Gasteiger charge is -2.14. The molecule has 0 amide bonds. The number of alkyl halides is 3. The summed E-state index contributed by atoms with van der Waals surface area (Å²) < 4.78 is 36.9.